The van der Waals surface area contributed by atoms with Gasteiger partial charge in [0.05, 0.1) is 12.8 Å². The van der Waals surface area contributed by atoms with E-state index in [-0.39, 0.29) is 18.4 Å². The van der Waals surface area contributed by atoms with Crippen LogP contribution < -0.4 is 10.1 Å². The van der Waals surface area contributed by atoms with Crippen molar-refractivity contribution in [2.24, 2.45) is 0 Å². The number of amides is 1. The lowest BCUT2D eigenvalue weighted by molar-refractivity contribution is -0.117. The Morgan fingerprint density at radius 2 is 2.15 bits per heavy atom. The molecule has 1 N–H and O–H groups in total. The molecule has 146 valence electrons. The number of rotatable bonds is 6. The number of carbonyl (C=O) groups is 1. The monoisotopic (exact) mass is 408 g/mol. The summed E-state index contributed by atoms with van der Waals surface area (Å²) >= 11 is 1.21. The second-order valence-electron chi connectivity index (χ2n) is 6.65. The smallest absolute Gasteiger partial charge is 0.252 e. The second kappa shape index (κ2) is 8.41. The SMILES string of the molecule is COc1ccc(C)cc1NC(=O)C[C@@H]1CCCCN1S(=O)(=O)c1cccs1. The van der Waals surface area contributed by atoms with E-state index in [1.54, 1.807) is 30.7 Å². The summed E-state index contributed by atoms with van der Waals surface area (Å²) < 4.78 is 33.0. The van der Waals surface area contributed by atoms with E-state index in [9.17, 15) is 13.2 Å². The van der Waals surface area contributed by atoms with Crippen molar-refractivity contribution in [3.63, 3.8) is 0 Å². The molecule has 1 atom stereocenters. The largest absolute Gasteiger partial charge is 0.495 e. The summed E-state index contributed by atoms with van der Waals surface area (Å²) in [4.78, 5) is 12.6. The highest BCUT2D eigenvalue weighted by Gasteiger charge is 2.35. The van der Waals surface area contributed by atoms with Crippen LogP contribution in [-0.2, 0) is 14.8 Å². The van der Waals surface area contributed by atoms with Crippen LogP contribution in [0.4, 0.5) is 5.69 Å². The van der Waals surface area contributed by atoms with Gasteiger partial charge < -0.3 is 10.1 Å². The molecule has 1 amide bonds. The van der Waals surface area contributed by atoms with Crippen LogP contribution in [0.15, 0.2) is 39.9 Å². The maximum atomic E-state index is 12.9. The number of thiophene rings is 1. The first kappa shape index (κ1) is 19.9. The second-order valence-corrected chi connectivity index (χ2v) is 9.72. The number of nitrogens with one attached hydrogen (secondary N) is 1. The maximum Gasteiger partial charge on any atom is 0.252 e. The Morgan fingerprint density at radius 1 is 1.33 bits per heavy atom. The zero-order chi connectivity index (χ0) is 19.4. The summed E-state index contributed by atoms with van der Waals surface area (Å²) in [6.07, 6.45) is 2.54. The predicted octanol–water partition coefficient (Wildman–Crippen LogP) is 3.64. The number of sulfonamides is 1. The summed E-state index contributed by atoms with van der Waals surface area (Å²) in [5, 5.41) is 4.63. The highest BCUT2D eigenvalue weighted by Crippen LogP contribution is 2.30. The van der Waals surface area contributed by atoms with E-state index >= 15 is 0 Å². The van der Waals surface area contributed by atoms with Crippen molar-refractivity contribution in [3.8, 4) is 5.75 Å². The number of nitrogens with zero attached hydrogens (tertiary/aromatic N) is 1. The van der Waals surface area contributed by atoms with E-state index in [0.717, 1.165) is 18.4 Å². The Morgan fingerprint density at radius 3 is 2.85 bits per heavy atom. The molecule has 2 heterocycles. The summed E-state index contributed by atoms with van der Waals surface area (Å²) in [7, 11) is -2.01. The minimum atomic E-state index is -3.56. The molecule has 0 bridgehead atoms. The zero-order valence-electron chi connectivity index (χ0n) is 15.5. The molecule has 0 saturated carbocycles. The Balaban J connectivity index is 1.75. The average Bonchev–Trinajstić information content (AvgIpc) is 3.18. The standard InChI is InChI=1S/C19H24N2O4S2/c1-14-8-9-17(25-2)16(12-14)20-18(22)13-15-6-3-4-10-21(15)27(23,24)19-7-5-11-26-19/h5,7-9,11-12,15H,3-4,6,10,13H2,1-2H3,(H,20,22)/t15-/m0/s1. The van der Waals surface area contributed by atoms with Crippen LogP contribution in [0, 0.1) is 6.92 Å². The van der Waals surface area contributed by atoms with E-state index in [1.165, 1.54) is 15.6 Å². The number of ether oxygens (including phenoxy) is 1. The average molecular weight is 409 g/mol. The molecule has 0 aliphatic carbocycles. The van der Waals surface area contributed by atoms with E-state index in [2.05, 4.69) is 5.32 Å². The van der Waals surface area contributed by atoms with E-state index < -0.39 is 10.0 Å². The van der Waals surface area contributed by atoms with Gasteiger partial charge in [-0.15, -0.1) is 11.3 Å². The lowest BCUT2D eigenvalue weighted by Crippen LogP contribution is -2.45. The normalized spacial score (nSPS) is 18.2. The fourth-order valence-electron chi connectivity index (χ4n) is 3.36. The van der Waals surface area contributed by atoms with Gasteiger partial charge in [0.25, 0.3) is 10.0 Å². The highest BCUT2D eigenvalue weighted by molar-refractivity contribution is 7.91. The lowest BCUT2D eigenvalue weighted by atomic mass is 10.0. The summed E-state index contributed by atoms with van der Waals surface area (Å²) in [6, 6.07) is 8.57. The molecule has 0 spiro atoms. The first-order chi connectivity index (χ1) is 12.9. The highest BCUT2D eigenvalue weighted by atomic mass is 32.2. The van der Waals surface area contributed by atoms with Crippen molar-refractivity contribution in [2.75, 3.05) is 19.0 Å². The first-order valence-corrected chi connectivity index (χ1v) is 11.2. The Labute approximate surface area is 164 Å². The molecule has 8 heteroatoms. The number of carbonyl (C=O) groups excluding carboxylic acids is 1. The number of hydrogen-bond donors (Lipinski definition) is 1. The van der Waals surface area contributed by atoms with Gasteiger partial charge in [-0.25, -0.2) is 8.42 Å². The molecular formula is C19H24N2O4S2. The molecule has 1 aliphatic rings. The molecule has 0 radical (unpaired) electrons. The van der Waals surface area contributed by atoms with Crippen molar-refractivity contribution in [1.82, 2.24) is 4.31 Å². The van der Waals surface area contributed by atoms with E-state index in [4.69, 9.17) is 4.74 Å². The molecule has 3 rings (SSSR count). The summed E-state index contributed by atoms with van der Waals surface area (Å²) in [6.45, 7) is 2.39. The first-order valence-electron chi connectivity index (χ1n) is 8.91. The van der Waals surface area contributed by atoms with Crippen LogP contribution >= 0.6 is 11.3 Å². The topological polar surface area (TPSA) is 75.7 Å². The van der Waals surface area contributed by atoms with E-state index in [1.807, 2.05) is 19.1 Å². The zero-order valence-corrected chi connectivity index (χ0v) is 17.1. The lowest BCUT2D eigenvalue weighted by Gasteiger charge is -2.34. The summed E-state index contributed by atoms with van der Waals surface area (Å²) in [5.41, 5.74) is 1.61. The number of aryl methyl sites for hydroxylation is 1. The number of piperidine rings is 1. The number of anilines is 1. The van der Waals surface area contributed by atoms with Crippen molar-refractivity contribution in [3.05, 3.63) is 41.3 Å². The molecule has 1 fully saturated rings. The van der Waals surface area contributed by atoms with Gasteiger partial charge in [-0.1, -0.05) is 18.6 Å². The Hall–Kier alpha value is -1.90. The van der Waals surface area contributed by atoms with Crippen LogP contribution in [0.25, 0.3) is 0 Å². The van der Waals surface area contributed by atoms with Crippen molar-refractivity contribution in [1.29, 1.82) is 0 Å². The summed E-state index contributed by atoms with van der Waals surface area (Å²) in [5.74, 6) is 0.373. The number of methoxy groups -OCH3 is 1. The van der Waals surface area contributed by atoms with Gasteiger partial charge in [0, 0.05) is 19.0 Å². The van der Waals surface area contributed by atoms with Gasteiger partial charge in [-0.05, 0) is 48.9 Å². The third-order valence-electron chi connectivity index (χ3n) is 4.68. The molecule has 2 aromatic rings. The van der Waals surface area contributed by atoms with Crippen LogP contribution in [0.2, 0.25) is 0 Å². The molecule has 6 nitrogen and oxygen atoms in total. The third-order valence-corrected chi connectivity index (χ3v) is 8.01. The van der Waals surface area contributed by atoms with Gasteiger partial charge in [0.15, 0.2) is 0 Å². The molecule has 1 aromatic heterocycles. The maximum absolute atomic E-state index is 12.9. The number of hydrogen-bond acceptors (Lipinski definition) is 5. The minimum Gasteiger partial charge on any atom is -0.495 e. The van der Waals surface area contributed by atoms with E-state index in [0.29, 0.717) is 28.6 Å². The molecule has 1 aromatic carbocycles. The Bertz CT molecular complexity index is 894. The van der Waals surface area contributed by atoms with Gasteiger partial charge in [-0.2, -0.15) is 4.31 Å². The quantitative estimate of drug-likeness (QED) is 0.792. The fraction of sp³-hybridized carbons (Fsp3) is 0.421. The van der Waals surface area contributed by atoms with Crippen LogP contribution in [0.5, 0.6) is 5.75 Å². The molecule has 1 saturated heterocycles. The third kappa shape index (κ3) is 4.51. The molecular weight excluding hydrogens is 384 g/mol. The van der Waals surface area contributed by atoms with Gasteiger partial charge >= 0.3 is 0 Å². The minimum absolute atomic E-state index is 0.127. The van der Waals surface area contributed by atoms with Crippen LogP contribution in [0.3, 0.4) is 0 Å². The van der Waals surface area contributed by atoms with Crippen LogP contribution in [0.1, 0.15) is 31.2 Å². The number of benzene rings is 1. The van der Waals surface area contributed by atoms with Gasteiger partial charge in [0.2, 0.25) is 5.91 Å². The molecule has 27 heavy (non-hydrogen) atoms. The fourth-order valence-corrected chi connectivity index (χ4v) is 6.17. The van der Waals surface area contributed by atoms with Gasteiger partial charge in [-0.3, -0.25) is 4.79 Å². The predicted molar refractivity (Wildman–Crippen MR) is 107 cm³/mol. The van der Waals surface area contributed by atoms with Gasteiger partial charge in [0.1, 0.15) is 9.96 Å². The van der Waals surface area contributed by atoms with Crippen LogP contribution in [-0.4, -0.2) is 38.3 Å². The molecule has 1 aliphatic heterocycles. The van der Waals surface area contributed by atoms with Crippen molar-refractivity contribution < 1.29 is 17.9 Å². The van der Waals surface area contributed by atoms with Crippen molar-refractivity contribution in [2.45, 2.75) is 42.9 Å². The molecule has 0 unspecified atom stereocenters. The van der Waals surface area contributed by atoms with Crippen molar-refractivity contribution >= 4 is 33.0 Å². The Kier molecular flexibility index (Phi) is 6.18.